The molecule has 4 nitrogen and oxygen atoms in total. The third-order valence-electron chi connectivity index (χ3n) is 4.42. The van der Waals surface area contributed by atoms with Gasteiger partial charge in [-0.3, -0.25) is 4.79 Å². The minimum absolute atomic E-state index is 0.0184. The van der Waals surface area contributed by atoms with Crippen LogP contribution in [0.4, 0.5) is 8.78 Å². The lowest BCUT2D eigenvalue weighted by Crippen LogP contribution is -2.30. The number of likely N-dealkylation sites (tertiary alicyclic amines) is 1. The van der Waals surface area contributed by atoms with E-state index in [1.54, 1.807) is 25.2 Å². The van der Waals surface area contributed by atoms with E-state index in [0.717, 1.165) is 36.6 Å². The van der Waals surface area contributed by atoms with Crippen LogP contribution in [0.3, 0.4) is 0 Å². The Bertz CT molecular complexity index is 774. The summed E-state index contributed by atoms with van der Waals surface area (Å²) in [4.78, 5) is 14.4. The number of methoxy groups -OCH3 is 2. The first kappa shape index (κ1) is 17.2. The second kappa shape index (κ2) is 7.09. The number of rotatable bonds is 4. The van der Waals surface area contributed by atoms with E-state index in [9.17, 15) is 13.6 Å². The highest BCUT2D eigenvalue weighted by atomic mass is 19.1. The lowest BCUT2D eigenvalue weighted by molar-refractivity contribution is 0.0734. The largest absolute Gasteiger partial charge is 0.493 e. The van der Waals surface area contributed by atoms with Gasteiger partial charge in [0, 0.05) is 18.2 Å². The van der Waals surface area contributed by atoms with Crippen molar-refractivity contribution in [1.82, 2.24) is 4.90 Å². The molecule has 1 saturated heterocycles. The maximum absolute atomic E-state index is 13.4. The molecule has 2 aromatic carbocycles. The maximum Gasteiger partial charge on any atom is 0.254 e. The van der Waals surface area contributed by atoms with Crippen LogP contribution in [-0.2, 0) is 0 Å². The van der Waals surface area contributed by atoms with Crippen LogP contribution in [0.25, 0.3) is 0 Å². The molecule has 2 aromatic rings. The zero-order valence-corrected chi connectivity index (χ0v) is 14.1. The van der Waals surface area contributed by atoms with Crippen molar-refractivity contribution >= 4 is 5.91 Å². The molecule has 0 saturated carbocycles. The molecule has 0 unspecified atom stereocenters. The average molecular weight is 347 g/mol. The van der Waals surface area contributed by atoms with Gasteiger partial charge in [0.05, 0.1) is 20.3 Å². The fourth-order valence-corrected chi connectivity index (χ4v) is 3.26. The third kappa shape index (κ3) is 3.43. The number of halogens is 2. The second-order valence-corrected chi connectivity index (χ2v) is 5.93. The van der Waals surface area contributed by atoms with Gasteiger partial charge >= 0.3 is 0 Å². The molecule has 25 heavy (non-hydrogen) atoms. The number of carbonyl (C=O) groups excluding carboxylic acids is 1. The zero-order chi connectivity index (χ0) is 18.0. The highest BCUT2D eigenvalue weighted by Crippen LogP contribution is 2.37. The number of hydrogen-bond acceptors (Lipinski definition) is 3. The Hall–Kier alpha value is -2.63. The molecule has 0 bridgehead atoms. The first-order chi connectivity index (χ1) is 12.0. The molecule has 132 valence electrons. The molecule has 0 N–H and O–H groups in total. The smallest absolute Gasteiger partial charge is 0.254 e. The summed E-state index contributed by atoms with van der Waals surface area (Å²) >= 11 is 0. The van der Waals surface area contributed by atoms with E-state index in [1.165, 1.54) is 0 Å². The van der Waals surface area contributed by atoms with Crippen LogP contribution in [0.2, 0.25) is 0 Å². The predicted octanol–water partition coefficient (Wildman–Crippen LogP) is 3.96. The molecular formula is C19H19F2NO3. The lowest BCUT2D eigenvalue weighted by Gasteiger charge is -2.26. The fourth-order valence-electron chi connectivity index (χ4n) is 3.26. The summed E-state index contributed by atoms with van der Waals surface area (Å²) < 4.78 is 37.4. The van der Waals surface area contributed by atoms with Gasteiger partial charge < -0.3 is 14.4 Å². The number of nitrogens with zero attached hydrogens (tertiary/aromatic N) is 1. The Morgan fingerprint density at radius 1 is 1.04 bits per heavy atom. The highest BCUT2D eigenvalue weighted by Gasteiger charge is 2.31. The van der Waals surface area contributed by atoms with Crippen molar-refractivity contribution in [3.8, 4) is 11.5 Å². The molecule has 1 atom stereocenters. The van der Waals surface area contributed by atoms with Crippen molar-refractivity contribution in [2.24, 2.45) is 0 Å². The number of carbonyl (C=O) groups is 1. The highest BCUT2D eigenvalue weighted by molar-refractivity contribution is 5.94. The van der Waals surface area contributed by atoms with Crippen LogP contribution in [0.15, 0.2) is 36.4 Å². The fraction of sp³-hybridized carbons (Fsp3) is 0.316. The predicted molar refractivity (Wildman–Crippen MR) is 88.9 cm³/mol. The second-order valence-electron chi connectivity index (χ2n) is 5.93. The normalized spacial score (nSPS) is 16.8. The molecule has 0 aromatic heterocycles. The van der Waals surface area contributed by atoms with Crippen molar-refractivity contribution in [3.63, 3.8) is 0 Å². The standard InChI is InChI=1S/C19H19F2NO3/c1-24-17-6-5-12(10-18(17)25-2)16-4-3-7-22(16)19(23)13-8-14(20)11-15(21)9-13/h5-6,8-11,16H,3-4,7H2,1-2H3/t16-/m0/s1. The topological polar surface area (TPSA) is 38.8 Å². The van der Waals surface area contributed by atoms with Crippen LogP contribution in [0.5, 0.6) is 11.5 Å². The Balaban J connectivity index is 1.91. The monoisotopic (exact) mass is 347 g/mol. The summed E-state index contributed by atoms with van der Waals surface area (Å²) in [6.45, 7) is 0.538. The molecule has 1 aliphatic rings. The van der Waals surface area contributed by atoms with Crippen LogP contribution < -0.4 is 9.47 Å². The van der Waals surface area contributed by atoms with Gasteiger partial charge in [-0.2, -0.15) is 0 Å². The lowest BCUT2D eigenvalue weighted by atomic mass is 10.0. The molecule has 0 spiro atoms. The number of amides is 1. The quantitative estimate of drug-likeness (QED) is 0.840. The Morgan fingerprint density at radius 3 is 2.36 bits per heavy atom. The summed E-state index contributed by atoms with van der Waals surface area (Å²) in [5, 5.41) is 0. The molecule has 3 rings (SSSR count). The molecule has 0 aliphatic carbocycles. The van der Waals surface area contributed by atoms with Gasteiger partial charge in [0.1, 0.15) is 11.6 Å². The summed E-state index contributed by atoms with van der Waals surface area (Å²) in [6.07, 6.45) is 1.60. The SMILES string of the molecule is COc1ccc([C@@H]2CCCN2C(=O)c2cc(F)cc(F)c2)cc1OC. The average Bonchev–Trinajstić information content (AvgIpc) is 3.09. The van der Waals surface area contributed by atoms with Gasteiger partial charge in [0.25, 0.3) is 5.91 Å². The van der Waals surface area contributed by atoms with E-state index in [0.29, 0.717) is 18.0 Å². The van der Waals surface area contributed by atoms with Crippen molar-refractivity contribution in [1.29, 1.82) is 0 Å². The summed E-state index contributed by atoms with van der Waals surface area (Å²) in [7, 11) is 3.11. The summed E-state index contributed by atoms with van der Waals surface area (Å²) in [6, 6.07) is 8.22. The Labute approximate surface area is 145 Å². The number of benzene rings is 2. The van der Waals surface area contributed by atoms with E-state index in [2.05, 4.69) is 0 Å². The van der Waals surface area contributed by atoms with Crippen LogP contribution in [0.1, 0.15) is 34.8 Å². The molecule has 1 heterocycles. The van der Waals surface area contributed by atoms with Crippen molar-refractivity contribution in [2.45, 2.75) is 18.9 Å². The summed E-state index contributed by atoms with van der Waals surface area (Å²) in [5.41, 5.74) is 0.922. The molecule has 6 heteroatoms. The van der Waals surface area contributed by atoms with Gasteiger partial charge in [-0.15, -0.1) is 0 Å². The van der Waals surface area contributed by atoms with Crippen molar-refractivity contribution < 1.29 is 23.0 Å². The molecule has 1 aliphatic heterocycles. The van der Waals surface area contributed by atoms with Gasteiger partial charge in [0.15, 0.2) is 11.5 Å². The van der Waals surface area contributed by atoms with E-state index >= 15 is 0 Å². The van der Waals surface area contributed by atoms with Gasteiger partial charge in [-0.25, -0.2) is 8.78 Å². The third-order valence-corrected chi connectivity index (χ3v) is 4.42. The number of ether oxygens (including phenoxy) is 2. The van der Waals surface area contributed by atoms with Crippen LogP contribution in [-0.4, -0.2) is 31.6 Å². The molecule has 0 radical (unpaired) electrons. The van der Waals surface area contributed by atoms with Crippen molar-refractivity contribution in [3.05, 3.63) is 59.2 Å². The Morgan fingerprint density at radius 2 is 1.72 bits per heavy atom. The Kier molecular flexibility index (Phi) is 4.88. The van der Waals surface area contributed by atoms with E-state index in [4.69, 9.17) is 9.47 Å². The molecule has 1 amide bonds. The maximum atomic E-state index is 13.4. The van der Waals surface area contributed by atoms with Gasteiger partial charge in [-0.1, -0.05) is 6.07 Å². The summed E-state index contributed by atoms with van der Waals surface area (Å²) in [5.74, 6) is -0.712. The van der Waals surface area contributed by atoms with Crippen LogP contribution in [0, 0.1) is 11.6 Å². The first-order valence-electron chi connectivity index (χ1n) is 8.02. The minimum Gasteiger partial charge on any atom is -0.493 e. The van der Waals surface area contributed by atoms with Gasteiger partial charge in [-0.05, 0) is 42.7 Å². The van der Waals surface area contributed by atoms with E-state index in [1.807, 2.05) is 12.1 Å². The number of hydrogen-bond donors (Lipinski definition) is 0. The van der Waals surface area contributed by atoms with E-state index in [-0.39, 0.29) is 17.5 Å². The first-order valence-corrected chi connectivity index (χ1v) is 8.02. The molecule has 1 fully saturated rings. The molecular weight excluding hydrogens is 328 g/mol. The van der Waals surface area contributed by atoms with E-state index < -0.39 is 11.6 Å². The minimum atomic E-state index is -0.759. The van der Waals surface area contributed by atoms with Crippen molar-refractivity contribution in [2.75, 3.05) is 20.8 Å². The zero-order valence-electron chi connectivity index (χ0n) is 14.1. The van der Waals surface area contributed by atoms with Crippen LogP contribution >= 0.6 is 0 Å². The van der Waals surface area contributed by atoms with Gasteiger partial charge in [0.2, 0.25) is 0 Å².